The Kier molecular flexibility index (Phi) is 9.32. The van der Waals surface area contributed by atoms with Crippen LogP contribution in [-0.2, 0) is 0 Å². The van der Waals surface area contributed by atoms with Crippen molar-refractivity contribution in [2.24, 2.45) is 0 Å². The Morgan fingerprint density at radius 2 is 0.790 bits per heavy atom. The molecule has 7 aromatic rings. The maximum absolute atomic E-state index is 6.67. The normalized spacial score (nSPS) is 16.9. The molecule has 0 atom stereocenters. The Hall–Kier alpha value is -4.33. The zero-order valence-corrected chi connectivity index (χ0v) is 38.2. The molecule has 0 unspecified atom stereocenters. The average Bonchev–Trinajstić information content (AvgIpc) is 4.02. The summed E-state index contributed by atoms with van der Waals surface area (Å²) >= 11 is 7.76. The van der Waals surface area contributed by atoms with Gasteiger partial charge in [0.15, 0.2) is 0 Å². The molecule has 2 nitrogen and oxygen atoms in total. The fourth-order valence-electron chi connectivity index (χ4n) is 11.2. The topological polar surface area (TPSA) is 18.5 Å². The van der Waals surface area contributed by atoms with Gasteiger partial charge in [-0.3, -0.25) is 0 Å². The fourth-order valence-corrected chi connectivity index (χ4v) is 16.4. The molecule has 302 valence electrons. The highest BCUT2D eigenvalue weighted by Crippen LogP contribution is 2.47. The SMILES string of the molecule is Cc1cccc(Oc2cc3c4c(c2)Sc2cc5c(cc2B4c2ccc(C4CCCC4)cc2S3)B2c3ccc(C4CCCC4)cc3Sc3cc(Oc4cccc(C)c4)cc(c32)S5)c1. The van der Waals surface area contributed by atoms with Crippen molar-refractivity contribution in [3.8, 4) is 23.0 Å². The van der Waals surface area contributed by atoms with Crippen LogP contribution in [0.15, 0.2) is 160 Å². The highest BCUT2D eigenvalue weighted by atomic mass is 32.2. The third-order valence-electron chi connectivity index (χ3n) is 14.2. The minimum atomic E-state index is 0.154. The summed E-state index contributed by atoms with van der Waals surface area (Å²) in [6, 6.07) is 46.3. The van der Waals surface area contributed by atoms with E-state index >= 15 is 0 Å². The molecule has 8 heteroatoms. The van der Waals surface area contributed by atoms with E-state index in [4.69, 9.17) is 9.47 Å². The van der Waals surface area contributed by atoms with Crippen molar-refractivity contribution in [3.63, 3.8) is 0 Å². The molecule has 0 bridgehead atoms. The van der Waals surface area contributed by atoms with Crippen molar-refractivity contribution in [1.82, 2.24) is 0 Å². The van der Waals surface area contributed by atoms with E-state index in [1.807, 2.05) is 47.0 Å². The van der Waals surface area contributed by atoms with Gasteiger partial charge in [-0.15, -0.1) is 0 Å². The lowest BCUT2D eigenvalue weighted by Gasteiger charge is -2.37. The van der Waals surface area contributed by atoms with Crippen molar-refractivity contribution in [2.75, 3.05) is 0 Å². The predicted molar refractivity (Wildman–Crippen MR) is 263 cm³/mol. The van der Waals surface area contributed by atoms with E-state index in [9.17, 15) is 0 Å². The van der Waals surface area contributed by atoms with Gasteiger partial charge in [0.25, 0.3) is 0 Å². The van der Waals surface area contributed by atoms with E-state index in [2.05, 4.69) is 135 Å². The van der Waals surface area contributed by atoms with E-state index in [0.717, 1.165) is 23.0 Å². The largest absolute Gasteiger partial charge is 0.457 e. The zero-order chi connectivity index (χ0) is 41.1. The molecular weight excluding hydrogens is 830 g/mol. The smallest absolute Gasteiger partial charge is 0.247 e. The molecule has 2 aliphatic carbocycles. The van der Waals surface area contributed by atoms with Crippen molar-refractivity contribution >= 4 is 93.2 Å². The highest BCUT2D eigenvalue weighted by Gasteiger charge is 2.44. The average molecular weight is 875 g/mol. The lowest BCUT2D eigenvalue weighted by Crippen LogP contribution is -2.62. The molecule has 2 saturated carbocycles. The monoisotopic (exact) mass is 874 g/mol. The molecule has 0 radical (unpaired) electrons. The Morgan fingerprint density at radius 1 is 0.387 bits per heavy atom. The predicted octanol–water partition coefficient (Wildman–Crippen LogP) is 12.1. The van der Waals surface area contributed by atoms with Gasteiger partial charge in [-0.05, 0) is 151 Å². The number of benzene rings is 7. The number of ether oxygens (including phenoxy) is 2. The molecule has 0 saturated heterocycles. The van der Waals surface area contributed by atoms with Gasteiger partial charge in [0.05, 0.1) is 0 Å². The van der Waals surface area contributed by atoms with Crippen LogP contribution >= 0.6 is 47.0 Å². The third-order valence-corrected chi connectivity index (χ3v) is 18.7. The molecule has 0 spiro atoms. The van der Waals surface area contributed by atoms with E-state index in [-0.39, 0.29) is 13.4 Å². The van der Waals surface area contributed by atoms with Crippen LogP contribution in [0.2, 0.25) is 0 Å². The van der Waals surface area contributed by atoms with Gasteiger partial charge in [0.1, 0.15) is 23.0 Å². The summed E-state index contributed by atoms with van der Waals surface area (Å²) in [5.74, 6) is 4.92. The summed E-state index contributed by atoms with van der Waals surface area (Å²) in [6.45, 7) is 4.57. The molecule has 0 N–H and O–H groups in total. The first-order valence-corrected chi connectivity index (χ1v) is 25.7. The van der Waals surface area contributed by atoms with Crippen LogP contribution in [0, 0.1) is 13.8 Å². The summed E-state index contributed by atoms with van der Waals surface area (Å²) in [4.78, 5) is 10.8. The van der Waals surface area contributed by atoms with Crippen LogP contribution in [0.25, 0.3) is 0 Å². The lowest BCUT2D eigenvalue weighted by atomic mass is 9.33. The van der Waals surface area contributed by atoms with Gasteiger partial charge in [-0.2, -0.15) is 0 Å². The second-order valence-corrected chi connectivity index (χ2v) is 22.6. The third kappa shape index (κ3) is 6.53. The summed E-state index contributed by atoms with van der Waals surface area (Å²) < 4.78 is 13.3. The van der Waals surface area contributed by atoms with E-state index < -0.39 is 0 Å². The van der Waals surface area contributed by atoms with E-state index in [1.165, 1.54) is 146 Å². The molecule has 62 heavy (non-hydrogen) atoms. The van der Waals surface area contributed by atoms with E-state index in [0.29, 0.717) is 11.8 Å². The number of rotatable bonds is 6. The number of fused-ring (bicyclic) bond motifs is 8. The van der Waals surface area contributed by atoms with Gasteiger partial charge >= 0.3 is 0 Å². The molecule has 0 aromatic heterocycles. The van der Waals surface area contributed by atoms with Gasteiger partial charge in [-0.1, -0.05) is 149 Å². The minimum Gasteiger partial charge on any atom is -0.457 e. The number of hydrogen-bond acceptors (Lipinski definition) is 6. The summed E-state index contributed by atoms with van der Waals surface area (Å²) in [5.41, 5.74) is 14.1. The van der Waals surface area contributed by atoms with Crippen LogP contribution in [0.1, 0.15) is 85.5 Å². The van der Waals surface area contributed by atoms with Crippen molar-refractivity contribution < 1.29 is 9.47 Å². The Bertz CT molecular complexity index is 2810. The Morgan fingerprint density at radius 3 is 1.19 bits per heavy atom. The summed E-state index contributed by atoms with van der Waals surface area (Å²) in [7, 11) is 0. The first-order valence-electron chi connectivity index (χ1n) is 22.5. The van der Waals surface area contributed by atoms with Gasteiger partial charge in [0, 0.05) is 39.2 Å². The van der Waals surface area contributed by atoms with Crippen LogP contribution in [0.3, 0.4) is 0 Å². The molecule has 13 rings (SSSR count). The molecule has 4 heterocycles. The van der Waals surface area contributed by atoms with Crippen LogP contribution in [0.5, 0.6) is 23.0 Å². The maximum Gasteiger partial charge on any atom is 0.247 e. The first-order chi connectivity index (χ1) is 30.5. The summed E-state index contributed by atoms with van der Waals surface area (Å²) in [6.07, 6.45) is 10.6. The second kappa shape index (κ2) is 15.1. The second-order valence-electron chi connectivity index (χ2n) is 18.3. The van der Waals surface area contributed by atoms with Crippen molar-refractivity contribution in [3.05, 3.63) is 144 Å². The lowest BCUT2D eigenvalue weighted by molar-refractivity contribution is 0.479. The maximum atomic E-state index is 6.67. The molecule has 4 aliphatic heterocycles. The highest BCUT2D eigenvalue weighted by molar-refractivity contribution is 8.02. The molecule has 2 fully saturated rings. The van der Waals surface area contributed by atoms with Crippen LogP contribution < -0.4 is 42.3 Å². The van der Waals surface area contributed by atoms with E-state index in [1.54, 1.807) is 0 Å². The standard InChI is InChI=1S/C54H44B2O2S4/c1-31-9-7-15-37(21-31)57-39-25-49-53-51(27-39)61-47-30-48-44(29-43(47)55(53)41-19-17-35(23-45(41)59-49)33-11-3-4-12-33)56-42-20-18-36(34-13-5-6-14-34)24-46(42)60-50-26-40(28-52(62-48)54(50)56)58-38-16-8-10-32(2)22-38/h7-10,15-30,33-34H,3-6,11-14H2,1-2H3. The molecule has 6 aliphatic rings. The number of hydrogen-bond donors (Lipinski definition) is 0. The van der Waals surface area contributed by atoms with Crippen molar-refractivity contribution in [2.45, 2.75) is 116 Å². The number of aryl methyl sites for hydroxylation is 2. The Labute approximate surface area is 382 Å². The Balaban J connectivity index is 0.974. The van der Waals surface area contributed by atoms with Gasteiger partial charge in [-0.25, -0.2) is 0 Å². The van der Waals surface area contributed by atoms with Gasteiger partial charge < -0.3 is 9.47 Å². The summed E-state index contributed by atoms with van der Waals surface area (Å²) in [5, 5.41) is 0. The van der Waals surface area contributed by atoms with Crippen LogP contribution in [0.4, 0.5) is 0 Å². The van der Waals surface area contributed by atoms with Gasteiger partial charge in [0.2, 0.25) is 13.4 Å². The quantitative estimate of drug-likeness (QED) is 0.154. The first kappa shape index (κ1) is 38.2. The minimum absolute atomic E-state index is 0.154. The van der Waals surface area contributed by atoms with Crippen LogP contribution in [-0.4, -0.2) is 13.4 Å². The molecular formula is C54H44B2O2S4. The fraction of sp³-hybridized carbons (Fsp3) is 0.222. The van der Waals surface area contributed by atoms with Crippen molar-refractivity contribution in [1.29, 1.82) is 0 Å². The zero-order valence-electron chi connectivity index (χ0n) is 35.0. The molecule has 7 aromatic carbocycles. The molecule has 0 amide bonds.